The minimum atomic E-state index is -3.35. The van der Waals surface area contributed by atoms with Crippen LogP contribution in [0.15, 0.2) is 41.6 Å². The van der Waals surface area contributed by atoms with Crippen molar-refractivity contribution >= 4 is 26.9 Å². The van der Waals surface area contributed by atoms with Gasteiger partial charge in [-0.3, -0.25) is 4.79 Å². The van der Waals surface area contributed by atoms with E-state index < -0.39 is 21.2 Å². The van der Waals surface area contributed by atoms with Crippen LogP contribution in [0.25, 0.3) is 22.4 Å². The Morgan fingerprint density at radius 3 is 2.62 bits per heavy atom. The Bertz CT molecular complexity index is 1170. The summed E-state index contributed by atoms with van der Waals surface area (Å²) < 4.78 is 24.6. The maximum Gasteiger partial charge on any atom is 0.257 e. The minimum Gasteiger partial charge on any atom is -0.391 e. The van der Waals surface area contributed by atoms with Gasteiger partial charge in [-0.05, 0) is 32.4 Å². The number of H-pyrrole nitrogens is 1. The van der Waals surface area contributed by atoms with Gasteiger partial charge in [-0.1, -0.05) is 12.1 Å². The van der Waals surface area contributed by atoms with Crippen LogP contribution in [0.1, 0.15) is 30.6 Å². The van der Waals surface area contributed by atoms with Gasteiger partial charge in [-0.15, -0.1) is 0 Å². The fourth-order valence-corrected chi connectivity index (χ4v) is 4.44. The van der Waals surface area contributed by atoms with Crippen molar-refractivity contribution in [3.8, 4) is 11.3 Å². The molecule has 1 aliphatic heterocycles. The van der Waals surface area contributed by atoms with Crippen molar-refractivity contribution in [2.45, 2.75) is 36.5 Å². The number of hydrogen-bond donors (Lipinski definition) is 2. The van der Waals surface area contributed by atoms with Gasteiger partial charge >= 0.3 is 0 Å². The lowest BCUT2D eigenvalue weighted by Crippen LogP contribution is -2.29. The van der Waals surface area contributed by atoms with Crippen LogP contribution in [0, 0.1) is 0 Å². The number of sulfone groups is 1. The van der Waals surface area contributed by atoms with Gasteiger partial charge < -0.3 is 15.0 Å². The first-order valence-corrected chi connectivity index (χ1v) is 11.0. The molecule has 152 valence electrons. The van der Waals surface area contributed by atoms with Crippen LogP contribution in [0.2, 0.25) is 0 Å². The van der Waals surface area contributed by atoms with Crippen LogP contribution in [0.3, 0.4) is 0 Å². The zero-order valence-electron chi connectivity index (χ0n) is 16.2. The number of aromatic nitrogens is 3. The molecule has 1 unspecified atom stereocenters. The predicted octanol–water partition coefficient (Wildman–Crippen LogP) is 2.01. The summed E-state index contributed by atoms with van der Waals surface area (Å²) >= 11 is 0. The van der Waals surface area contributed by atoms with Crippen molar-refractivity contribution in [3.05, 3.63) is 42.2 Å². The number of amides is 1. The highest BCUT2D eigenvalue weighted by atomic mass is 32.2. The first-order valence-electron chi connectivity index (χ1n) is 9.43. The molecule has 29 heavy (non-hydrogen) atoms. The summed E-state index contributed by atoms with van der Waals surface area (Å²) in [5.41, 5.74) is 2.60. The molecular weight excluding hydrogens is 392 g/mol. The summed E-state index contributed by atoms with van der Waals surface area (Å²) in [6.45, 7) is 4.11. The number of nitrogens with zero attached hydrogens (tertiary/aromatic N) is 3. The summed E-state index contributed by atoms with van der Waals surface area (Å²) in [7, 11) is -3.35. The maximum absolute atomic E-state index is 12.8. The molecule has 4 rings (SSSR count). The SMILES string of the molecule is CC(C)S(=O)(=O)c1ccc(-c2cnc3[nH]cc(C(=O)N4CCC(O)C4)c3n2)cc1. The number of nitrogens with one attached hydrogen (secondary N) is 1. The predicted molar refractivity (Wildman–Crippen MR) is 108 cm³/mol. The van der Waals surface area contributed by atoms with E-state index in [1.54, 1.807) is 55.4 Å². The van der Waals surface area contributed by atoms with E-state index in [1.165, 1.54) is 0 Å². The molecule has 3 aromatic rings. The Hall–Kier alpha value is -2.78. The smallest absolute Gasteiger partial charge is 0.257 e. The van der Waals surface area contributed by atoms with Crippen LogP contribution in [0.5, 0.6) is 0 Å². The molecule has 9 heteroatoms. The van der Waals surface area contributed by atoms with Crippen LogP contribution < -0.4 is 0 Å². The molecule has 0 spiro atoms. The van der Waals surface area contributed by atoms with E-state index in [9.17, 15) is 18.3 Å². The Balaban J connectivity index is 1.68. The molecule has 1 amide bonds. The van der Waals surface area contributed by atoms with Gasteiger partial charge in [0, 0.05) is 24.8 Å². The Kier molecular flexibility index (Phi) is 4.87. The zero-order chi connectivity index (χ0) is 20.8. The molecule has 0 aliphatic carbocycles. The molecule has 0 saturated carbocycles. The van der Waals surface area contributed by atoms with E-state index in [1.807, 2.05) is 0 Å². The average molecular weight is 414 g/mol. The average Bonchev–Trinajstić information content (AvgIpc) is 3.33. The molecule has 1 fully saturated rings. The van der Waals surface area contributed by atoms with E-state index in [0.29, 0.717) is 47.5 Å². The summed E-state index contributed by atoms with van der Waals surface area (Å²) in [6, 6.07) is 6.50. The van der Waals surface area contributed by atoms with Crippen molar-refractivity contribution in [2.24, 2.45) is 0 Å². The second kappa shape index (κ2) is 7.23. The standard InChI is InChI=1S/C20H22N4O4S/c1-12(2)29(27,28)15-5-3-13(4-6-15)17-10-22-19-18(23-17)16(9-21-19)20(26)24-8-7-14(25)11-24/h3-6,9-10,12,14,25H,7-8,11H2,1-2H3,(H,21,22). The number of aromatic amines is 1. The van der Waals surface area contributed by atoms with Gasteiger partial charge in [-0.2, -0.15) is 0 Å². The summed E-state index contributed by atoms with van der Waals surface area (Å²) in [4.78, 5) is 26.6. The third-order valence-corrected chi connectivity index (χ3v) is 7.33. The Morgan fingerprint density at radius 1 is 1.28 bits per heavy atom. The minimum absolute atomic E-state index is 0.197. The van der Waals surface area contributed by atoms with Crippen LogP contribution in [0.4, 0.5) is 0 Å². The molecule has 2 N–H and O–H groups in total. The molecule has 3 heterocycles. The molecule has 8 nitrogen and oxygen atoms in total. The molecule has 2 aromatic heterocycles. The highest BCUT2D eigenvalue weighted by Crippen LogP contribution is 2.25. The summed E-state index contributed by atoms with van der Waals surface area (Å²) in [5.74, 6) is -0.197. The molecule has 1 saturated heterocycles. The van der Waals surface area contributed by atoms with Gasteiger partial charge in [0.2, 0.25) is 0 Å². The lowest BCUT2D eigenvalue weighted by molar-refractivity contribution is 0.0766. The molecule has 0 bridgehead atoms. The lowest BCUT2D eigenvalue weighted by atomic mass is 10.1. The van der Waals surface area contributed by atoms with Gasteiger partial charge in [0.1, 0.15) is 5.52 Å². The fraction of sp³-hybridized carbons (Fsp3) is 0.350. The van der Waals surface area contributed by atoms with Gasteiger partial charge in [0.25, 0.3) is 5.91 Å². The van der Waals surface area contributed by atoms with Crippen molar-refractivity contribution in [1.82, 2.24) is 19.9 Å². The van der Waals surface area contributed by atoms with Crippen molar-refractivity contribution in [1.29, 1.82) is 0 Å². The van der Waals surface area contributed by atoms with Gasteiger partial charge in [0.15, 0.2) is 15.5 Å². The first kappa shape index (κ1) is 19.5. The molecule has 0 radical (unpaired) electrons. The quantitative estimate of drug-likeness (QED) is 0.675. The Morgan fingerprint density at radius 2 is 2.00 bits per heavy atom. The molecule has 1 aromatic carbocycles. The largest absolute Gasteiger partial charge is 0.391 e. The third kappa shape index (κ3) is 3.51. The third-order valence-electron chi connectivity index (χ3n) is 5.16. The van der Waals surface area contributed by atoms with Crippen LogP contribution in [-0.4, -0.2) is 63.7 Å². The maximum atomic E-state index is 12.8. The van der Waals surface area contributed by atoms with E-state index >= 15 is 0 Å². The molecule has 1 aliphatic rings. The number of carbonyl (C=O) groups is 1. The monoisotopic (exact) mass is 414 g/mol. The van der Waals surface area contributed by atoms with Gasteiger partial charge in [-0.25, -0.2) is 18.4 Å². The number of aliphatic hydroxyl groups is 1. The molecule has 1 atom stereocenters. The summed E-state index contributed by atoms with van der Waals surface area (Å²) in [5, 5.41) is 9.20. The number of aliphatic hydroxyl groups excluding tert-OH is 1. The number of likely N-dealkylation sites (tertiary alicyclic amines) is 1. The first-order chi connectivity index (χ1) is 13.8. The Labute approximate surface area is 168 Å². The van der Waals surface area contributed by atoms with Crippen molar-refractivity contribution in [3.63, 3.8) is 0 Å². The molecular formula is C20H22N4O4S. The van der Waals surface area contributed by atoms with E-state index in [0.717, 1.165) is 0 Å². The number of carbonyl (C=O) groups excluding carboxylic acids is 1. The fourth-order valence-electron chi connectivity index (χ4n) is 3.38. The number of β-amino-alcohol motifs (C(OH)–C–C–N with tert-alkyl or cyclic N) is 1. The lowest BCUT2D eigenvalue weighted by Gasteiger charge is -2.14. The van der Waals surface area contributed by atoms with E-state index in [2.05, 4.69) is 15.0 Å². The zero-order valence-corrected chi connectivity index (χ0v) is 17.0. The van der Waals surface area contributed by atoms with Crippen LogP contribution >= 0.6 is 0 Å². The van der Waals surface area contributed by atoms with Gasteiger partial charge in [0.05, 0.1) is 33.7 Å². The number of benzene rings is 1. The van der Waals surface area contributed by atoms with E-state index in [-0.39, 0.29) is 10.8 Å². The van der Waals surface area contributed by atoms with Crippen molar-refractivity contribution < 1.29 is 18.3 Å². The van der Waals surface area contributed by atoms with E-state index in [4.69, 9.17) is 0 Å². The van der Waals surface area contributed by atoms with Crippen LogP contribution in [-0.2, 0) is 9.84 Å². The second-order valence-electron chi connectivity index (χ2n) is 7.47. The summed E-state index contributed by atoms with van der Waals surface area (Å²) in [6.07, 6.45) is 3.24. The number of fused-ring (bicyclic) bond motifs is 1. The highest BCUT2D eigenvalue weighted by Gasteiger charge is 2.27. The van der Waals surface area contributed by atoms with Crippen molar-refractivity contribution in [2.75, 3.05) is 13.1 Å². The second-order valence-corrected chi connectivity index (χ2v) is 9.97. The number of hydrogen-bond acceptors (Lipinski definition) is 6. The normalized spacial score (nSPS) is 17.4. The highest BCUT2D eigenvalue weighted by molar-refractivity contribution is 7.92. The number of rotatable bonds is 4. The topological polar surface area (TPSA) is 116 Å².